The van der Waals surface area contributed by atoms with Crippen LogP contribution < -0.4 is 4.31 Å². The second-order valence-corrected chi connectivity index (χ2v) is 8.14. The lowest BCUT2D eigenvalue weighted by Crippen LogP contribution is -2.36. The predicted molar refractivity (Wildman–Crippen MR) is 88.7 cm³/mol. The molecule has 1 atom stereocenters. The van der Waals surface area contributed by atoms with Crippen molar-refractivity contribution in [2.75, 3.05) is 10.8 Å². The Balaban J connectivity index is 2.55. The van der Waals surface area contributed by atoms with E-state index in [2.05, 4.69) is 0 Å². The smallest absolute Gasteiger partial charge is 0.345 e. The van der Waals surface area contributed by atoms with Crippen molar-refractivity contribution >= 4 is 33.0 Å². The van der Waals surface area contributed by atoms with Gasteiger partial charge in [-0.15, -0.1) is 11.3 Å². The number of benzene rings is 1. The summed E-state index contributed by atoms with van der Waals surface area (Å²) in [6, 6.07) is 9.57. The van der Waals surface area contributed by atoms with Gasteiger partial charge in [0, 0.05) is 4.88 Å². The van der Waals surface area contributed by atoms with Crippen molar-refractivity contribution in [2.45, 2.75) is 24.8 Å². The molecule has 1 aromatic carbocycles. The molecule has 23 heavy (non-hydrogen) atoms. The summed E-state index contributed by atoms with van der Waals surface area (Å²) in [5.74, 6) is -1.17. The van der Waals surface area contributed by atoms with Gasteiger partial charge < -0.3 is 10.2 Å². The highest BCUT2D eigenvalue weighted by atomic mass is 32.2. The number of carboxylic acids is 1. The van der Waals surface area contributed by atoms with Crippen molar-refractivity contribution in [3.63, 3.8) is 0 Å². The second kappa shape index (κ2) is 6.69. The van der Waals surface area contributed by atoms with E-state index < -0.39 is 22.1 Å². The number of carbonyl (C=O) groups is 1. The molecule has 2 N–H and O–H groups in total. The van der Waals surface area contributed by atoms with Crippen LogP contribution in [0.2, 0.25) is 0 Å². The molecule has 1 heterocycles. The Bertz CT molecular complexity index is 797. The van der Waals surface area contributed by atoms with Crippen molar-refractivity contribution in [3.8, 4) is 0 Å². The Morgan fingerprint density at radius 1 is 1.30 bits per heavy atom. The Morgan fingerprint density at radius 3 is 2.39 bits per heavy atom. The Morgan fingerprint density at radius 2 is 1.91 bits per heavy atom. The van der Waals surface area contributed by atoms with Crippen molar-refractivity contribution < 1.29 is 23.4 Å². The molecular weight excluding hydrogens is 338 g/mol. The third-order valence-electron chi connectivity index (χ3n) is 3.13. The van der Waals surface area contributed by atoms with Gasteiger partial charge in [0.25, 0.3) is 10.0 Å². The predicted octanol–water partition coefficient (Wildman–Crippen LogP) is 2.33. The number of carboxylic acid groups (broad SMARTS) is 1. The van der Waals surface area contributed by atoms with E-state index in [4.69, 9.17) is 5.11 Å². The number of aliphatic hydroxyl groups is 1. The number of thiophene rings is 1. The number of hydrogen-bond acceptors (Lipinski definition) is 5. The maximum Gasteiger partial charge on any atom is 0.345 e. The van der Waals surface area contributed by atoms with E-state index in [1.807, 2.05) is 0 Å². The third kappa shape index (κ3) is 3.72. The summed E-state index contributed by atoms with van der Waals surface area (Å²) >= 11 is 0.913. The van der Waals surface area contributed by atoms with E-state index in [-0.39, 0.29) is 16.3 Å². The van der Waals surface area contributed by atoms with Crippen molar-refractivity contribution in [1.82, 2.24) is 0 Å². The minimum absolute atomic E-state index is 0.0360. The molecule has 0 bridgehead atoms. The monoisotopic (exact) mass is 355 g/mol. The number of hydrogen-bond donors (Lipinski definition) is 2. The van der Waals surface area contributed by atoms with Crippen LogP contribution in [0.1, 0.15) is 21.5 Å². The minimum Gasteiger partial charge on any atom is -0.477 e. The van der Waals surface area contributed by atoms with Gasteiger partial charge in [0.1, 0.15) is 9.77 Å². The first-order valence-corrected chi connectivity index (χ1v) is 9.08. The topological polar surface area (TPSA) is 94.9 Å². The number of aryl methyl sites for hydroxylation is 1. The van der Waals surface area contributed by atoms with Crippen LogP contribution in [0.5, 0.6) is 0 Å². The first-order chi connectivity index (χ1) is 10.7. The molecule has 1 unspecified atom stereocenters. The average molecular weight is 355 g/mol. The summed E-state index contributed by atoms with van der Waals surface area (Å²) in [5, 5.41) is 18.7. The fraction of sp³-hybridized carbons (Fsp3) is 0.267. The van der Waals surface area contributed by atoms with Crippen LogP contribution in [-0.4, -0.2) is 37.2 Å². The van der Waals surface area contributed by atoms with Gasteiger partial charge in [-0.3, -0.25) is 4.31 Å². The minimum atomic E-state index is -3.97. The molecule has 2 rings (SSSR count). The maximum absolute atomic E-state index is 13.0. The average Bonchev–Trinajstić information content (AvgIpc) is 2.88. The van der Waals surface area contributed by atoms with Crippen molar-refractivity contribution in [1.29, 1.82) is 0 Å². The molecule has 1 aromatic heterocycles. The normalized spacial score (nSPS) is 12.8. The van der Waals surface area contributed by atoms with E-state index in [0.29, 0.717) is 10.6 Å². The van der Waals surface area contributed by atoms with Crippen molar-refractivity contribution in [3.05, 3.63) is 46.2 Å². The lowest BCUT2D eigenvalue weighted by Gasteiger charge is -2.25. The first kappa shape index (κ1) is 17.5. The molecule has 0 aliphatic heterocycles. The van der Waals surface area contributed by atoms with Gasteiger partial charge in [-0.1, -0.05) is 18.2 Å². The molecular formula is C15H17NO5S2. The molecule has 0 spiro atoms. The molecule has 0 aliphatic rings. The van der Waals surface area contributed by atoms with Crippen LogP contribution in [0.3, 0.4) is 0 Å². The Hall–Kier alpha value is -1.90. The SMILES string of the molecule is Cc1sc(C(=O)O)cc1S(=O)(=O)N(CC(C)O)c1ccccc1. The zero-order chi connectivity index (χ0) is 17.2. The molecule has 0 radical (unpaired) electrons. The van der Waals surface area contributed by atoms with Gasteiger partial charge in [-0.05, 0) is 32.0 Å². The standard InChI is InChI=1S/C15H17NO5S2/c1-10(17)9-16(12-6-4-3-5-7-12)23(20,21)14-8-13(15(18)19)22-11(14)2/h3-8,10,17H,9H2,1-2H3,(H,18,19). The summed E-state index contributed by atoms with van der Waals surface area (Å²) in [7, 11) is -3.97. The number of sulfonamides is 1. The molecule has 124 valence electrons. The number of aliphatic hydroxyl groups excluding tert-OH is 1. The van der Waals surface area contributed by atoms with E-state index in [1.165, 1.54) is 6.92 Å². The Labute approximate surface area is 138 Å². The fourth-order valence-electron chi connectivity index (χ4n) is 2.12. The largest absolute Gasteiger partial charge is 0.477 e. The van der Waals surface area contributed by atoms with Gasteiger partial charge in [-0.2, -0.15) is 0 Å². The molecule has 6 nitrogen and oxygen atoms in total. The summed E-state index contributed by atoms with van der Waals surface area (Å²) in [6.45, 7) is 2.94. The van der Waals surface area contributed by atoms with Crippen LogP contribution in [0, 0.1) is 6.92 Å². The lowest BCUT2D eigenvalue weighted by molar-refractivity contribution is 0.0702. The van der Waals surface area contributed by atoms with E-state index in [1.54, 1.807) is 37.3 Å². The number of rotatable bonds is 6. The van der Waals surface area contributed by atoms with Crippen LogP contribution >= 0.6 is 11.3 Å². The molecule has 0 fully saturated rings. The van der Waals surface area contributed by atoms with Gasteiger partial charge in [-0.25, -0.2) is 13.2 Å². The van der Waals surface area contributed by atoms with Gasteiger partial charge in [0.2, 0.25) is 0 Å². The first-order valence-electron chi connectivity index (χ1n) is 6.83. The number of para-hydroxylation sites is 1. The van der Waals surface area contributed by atoms with Gasteiger partial charge >= 0.3 is 5.97 Å². The third-order valence-corrected chi connectivity index (χ3v) is 6.21. The highest BCUT2D eigenvalue weighted by Crippen LogP contribution is 2.31. The van der Waals surface area contributed by atoms with Crippen LogP contribution in [-0.2, 0) is 10.0 Å². The second-order valence-electron chi connectivity index (χ2n) is 5.06. The molecule has 2 aromatic rings. The quantitative estimate of drug-likeness (QED) is 0.829. The molecule has 0 saturated heterocycles. The van der Waals surface area contributed by atoms with E-state index in [9.17, 15) is 18.3 Å². The number of aromatic carboxylic acids is 1. The lowest BCUT2D eigenvalue weighted by atomic mass is 10.3. The van der Waals surface area contributed by atoms with E-state index >= 15 is 0 Å². The highest BCUT2D eigenvalue weighted by Gasteiger charge is 2.30. The van der Waals surface area contributed by atoms with Crippen molar-refractivity contribution in [2.24, 2.45) is 0 Å². The number of nitrogens with zero attached hydrogens (tertiary/aromatic N) is 1. The maximum atomic E-state index is 13.0. The number of anilines is 1. The Kier molecular flexibility index (Phi) is 5.08. The van der Waals surface area contributed by atoms with E-state index in [0.717, 1.165) is 21.7 Å². The summed E-state index contributed by atoms with van der Waals surface area (Å²) < 4.78 is 27.0. The zero-order valence-electron chi connectivity index (χ0n) is 12.6. The molecule has 8 heteroatoms. The highest BCUT2D eigenvalue weighted by molar-refractivity contribution is 7.93. The summed E-state index contributed by atoms with van der Waals surface area (Å²) in [5.41, 5.74) is 0.413. The van der Waals surface area contributed by atoms with Gasteiger partial charge in [0.05, 0.1) is 18.3 Å². The molecule has 0 saturated carbocycles. The van der Waals surface area contributed by atoms with Crippen LogP contribution in [0.15, 0.2) is 41.3 Å². The summed E-state index contributed by atoms with van der Waals surface area (Å²) in [4.78, 5) is 11.4. The zero-order valence-corrected chi connectivity index (χ0v) is 14.3. The van der Waals surface area contributed by atoms with Crippen LogP contribution in [0.4, 0.5) is 5.69 Å². The summed E-state index contributed by atoms with van der Waals surface area (Å²) in [6.07, 6.45) is -0.872. The fourth-order valence-corrected chi connectivity index (χ4v) is 5.07. The van der Waals surface area contributed by atoms with Crippen LogP contribution in [0.25, 0.3) is 0 Å². The molecule has 0 amide bonds. The molecule has 0 aliphatic carbocycles. The van der Waals surface area contributed by atoms with Gasteiger partial charge in [0.15, 0.2) is 0 Å².